The average Bonchev–Trinajstić information content (AvgIpc) is 2.41. The van der Waals surface area contributed by atoms with Crippen LogP contribution in [0.5, 0.6) is 0 Å². The molecular weight excluding hydrogens is 281 g/mol. The molecule has 1 fully saturated rings. The molecule has 0 saturated carbocycles. The summed E-state index contributed by atoms with van der Waals surface area (Å²) in [6, 6.07) is 0. The normalized spacial score (nSPS) is 17.1. The van der Waals surface area contributed by atoms with Crippen molar-refractivity contribution in [3.8, 4) is 0 Å². The van der Waals surface area contributed by atoms with Gasteiger partial charge in [-0.1, -0.05) is 0 Å². The van der Waals surface area contributed by atoms with E-state index in [9.17, 15) is 22.8 Å². The minimum absolute atomic E-state index is 0.0888. The van der Waals surface area contributed by atoms with Crippen LogP contribution in [0.1, 0.15) is 12.8 Å². The average molecular weight is 298 g/mol. The molecule has 2 amide bonds. The lowest BCUT2D eigenvalue weighted by Crippen LogP contribution is -2.47. The third kappa shape index (κ3) is 4.97. The van der Waals surface area contributed by atoms with Crippen LogP contribution in [0.3, 0.4) is 0 Å². The van der Waals surface area contributed by atoms with E-state index in [1.807, 2.05) is 0 Å². The maximum absolute atomic E-state index is 12.2. The summed E-state index contributed by atoms with van der Waals surface area (Å²) in [7, 11) is 1.48. The zero-order chi connectivity index (χ0) is 15.2. The molecule has 1 saturated heterocycles. The predicted octanol–water partition coefficient (Wildman–Crippen LogP) is 0.481. The number of nitrogens with one attached hydrogen (secondary N) is 1. The lowest BCUT2D eigenvalue weighted by atomic mass is 9.96. The van der Waals surface area contributed by atoms with Gasteiger partial charge in [-0.25, -0.2) is 5.48 Å². The topological polar surface area (TPSA) is 67.9 Å². The molecule has 0 aliphatic carbocycles. The Balaban J connectivity index is 2.31. The highest BCUT2D eigenvalue weighted by Gasteiger charge is 2.43. The van der Waals surface area contributed by atoms with Gasteiger partial charge in [0.05, 0.1) is 13.2 Å². The van der Waals surface area contributed by atoms with Crippen molar-refractivity contribution < 1.29 is 32.3 Å². The Morgan fingerprint density at radius 2 is 1.85 bits per heavy atom. The van der Waals surface area contributed by atoms with Crippen molar-refractivity contribution in [3.05, 3.63) is 0 Å². The molecule has 9 heteroatoms. The SMILES string of the molecule is COCCONC(=O)C1CCN(C(=O)C(F)(F)F)CC1. The third-order valence-corrected chi connectivity index (χ3v) is 2.96. The minimum atomic E-state index is -4.86. The van der Waals surface area contributed by atoms with Crippen molar-refractivity contribution in [1.82, 2.24) is 10.4 Å². The van der Waals surface area contributed by atoms with Gasteiger partial charge in [0.2, 0.25) is 5.91 Å². The zero-order valence-electron chi connectivity index (χ0n) is 11.0. The summed E-state index contributed by atoms with van der Waals surface area (Å²) in [5.74, 6) is -2.69. The number of likely N-dealkylation sites (tertiary alicyclic amines) is 1. The van der Waals surface area contributed by atoms with E-state index in [0.29, 0.717) is 6.61 Å². The number of carbonyl (C=O) groups excluding carboxylic acids is 2. The van der Waals surface area contributed by atoms with Gasteiger partial charge in [-0.3, -0.25) is 14.4 Å². The Morgan fingerprint density at radius 1 is 1.25 bits per heavy atom. The van der Waals surface area contributed by atoms with E-state index in [1.54, 1.807) is 0 Å². The van der Waals surface area contributed by atoms with Crippen LogP contribution in [0.2, 0.25) is 0 Å². The summed E-state index contributed by atoms with van der Waals surface area (Å²) >= 11 is 0. The van der Waals surface area contributed by atoms with E-state index in [0.717, 1.165) is 4.90 Å². The lowest BCUT2D eigenvalue weighted by molar-refractivity contribution is -0.187. The summed E-state index contributed by atoms with van der Waals surface area (Å²) in [6.07, 6.45) is -4.50. The van der Waals surface area contributed by atoms with Crippen LogP contribution in [-0.4, -0.2) is 56.3 Å². The van der Waals surface area contributed by atoms with Gasteiger partial charge in [-0.15, -0.1) is 0 Å². The van der Waals surface area contributed by atoms with Crippen LogP contribution in [0.4, 0.5) is 13.2 Å². The molecule has 1 N–H and O–H groups in total. The first kappa shape index (κ1) is 16.7. The van der Waals surface area contributed by atoms with Crippen molar-refractivity contribution in [2.75, 3.05) is 33.4 Å². The number of hydroxylamine groups is 1. The molecule has 0 atom stereocenters. The Kier molecular flexibility index (Phi) is 6.21. The molecule has 1 heterocycles. The number of halogens is 3. The van der Waals surface area contributed by atoms with Gasteiger partial charge in [0.1, 0.15) is 0 Å². The number of nitrogens with zero attached hydrogens (tertiary/aromatic N) is 1. The molecule has 0 aromatic carbocycles. The summed E-state index contributed by atoms with van der Waals surface area (Å²) in [6.45, 7) is 0.329. The number of methoxy groups -OCH3 is 1. The third-order valence-electron chi connectivity index (χ3n) is 2.96. The summed E-state index contributed by atoms with van der Waals surface area (Å²) in [5, 5.41) is 0. The Hall–Kier alpha value is -1.35. The fourth-order valence-electron chi connectivity index (χ4n) is 1.85. The van der Waals surface area contributed by atoms with Crippen molar-refractivity contribution in [3.63, 3.8) is 0 Å². The van der Waals surface area contributed by atoms with Crippen LogP contribution in [0.25, 0.3) is 0 Å². The second kappa shape index (κ2) is 7.44. The first-order chi connectivity index (χ1) is 9.36. The standard InChI is InChI=1S/C11H17F3N2O4/c1-19-6-7-20-15-9(17)8-2-4-16(5-3-8)10(18)11(12,13)14/h8H,2-7H2,1H3,(H,15,17). The van der Waals surface area contributed by atoms with E-state index in [-0.39, 0.29) is 38.4 Å². The van der Waals surface area contributed by atoms with Crippen molar-refractivity contribution in [2.45, 2.75) is 19.0 Å². The van der Waals surface area contributed by atoms with E-state index in [1.165, 1.54) is 7.11 Å². The van der Waals surface area contributed by atoms with E-state index in [2.05, 4.69) is 5.48 Å². The molecule has 116 valence electrons. The van der Waals surface area contributed by atoms with E-state index >= 15 is 0 Å². The van der Waals surface area contributed by atoms with Crippen LogP contribution < -0.4 is 5.48 Å². The maximum atomic E-state index is 12.2. The Labute approximate surface area is 114 Å². The molecule has 0 spiro atoms. The molecule has 0 aromatic heterocycles. The molecule has 6 nitrogen and oxygen atoms in total. The molecule has 0 unspecified atom stereocenters. The smallest absolute Gasteiger partial charge is 0.382 e. The number of amides is 2. The molecule has 1 rings (SSSR count). The highest BCUT2D eigenvalue weighted by molar-refractivity contribution is 5.82. The first-order valence-electron chi connectivity index (χ1n) is 6.13. The van der Waals surface area contributed by atoms with Gasteiger partial charge in [0, 0.05) is 26.1 Å². The number of alkyl halides is 3. The summed E-state index contributed by atoms with van der Waals surface area (Å²) < 4.78 is 41.4. The molecule has 0 radical (unpaired) electrons. The van der Waals surface area contributed by atoms with Crippen molar-refractivity contribution in [1.29, 1.82) is 0 Å². The number of piperidine rings is 1. The molecule has 1 aliphatic heterocycles. The molecule has 1 aliphatic rings. The minimum Gasteiger partial charge on any atom is -0.382 e. The van der Waals surface area contributed by atoms with Crippen molar-refractivity contribution >= 4 is 11.8 Å². The maximum Gasteiger partial charge on any atom is 0.471 e. The second-order valence-corrected chi connectivity index (χ2v) is 4.37. The van der Waals surface area contributed by atoms with Crippen LogP contribution in [0, 0.1) is 5.92 Å². The molecule has 0 bridgehead atoms. The molecule has 0 aromatic rings. The first-order valence-corrected chi connectivity index (χ1v) is 6.13. The molecule has 20 heavy (non-hydrogen) atoms. The van der Waals surface area contributed by atoms with E-state index < -0.39 is 18.0 Å². The lowest BCUT2D eigenvalue weighted by Gasteiger charge is -2.31. The van der Waals surface area contributed by atoms with Gasteiger partial charge >= 0.3 is 12.1 Å². The van der Waals surface area contributed by atoms with Crippen LogP contribution >= 0.6 is 0 Å². The van der Waals surface area contributed by atoms with Gasteiger partial charge in [-0.05, 0) is 12.8 Å². The van der Waals surface area contributed by atoms with Gasteiger partial charge < -0.3 is 9.64 Å². The van der Waals surface area contributed by atoms with E-state index in [4.69, 9.17) is 9.57 Å². The number of rotatable bonds is 5. The highest BCUT2D eigenvalue weighted by Crippen LogP contribution is 2.23. The van der Waals surface area contributed by atoms with Crippen molar-refractivity contribution in [2.24, 2.45) is 5.92 Å². The van der Waals surface area contributed by atoms with Crippen LogP contribution in [-0.2, 0) is 19.2 Å². The number of carbonyl (C=O) groups is 2. The number of hydrogen-bond donors (Lipinski definition) is 1. The second-order valence-electron chi connectivity index (χ2n) is 4.37. The monoisotopic (exact) mass is 298 g/mol. The fourth-order valence-corrected chi connectivity index (χ4v) is 1.85. The van der Waals surface area contributed by atoms with Gasteiger partial charge in [-0.2, -0.15) is 13.2 Å². The molecular formula is C11H17F3N2O4. The largest absolute Gasteiger partial charge is 0.471 e. The summed E-state index contributed by atoms with van der Waals surface area (Å²) in [5.41, 5.74) is 2.22. The summed E-state index contributed by atoms with van der Waals surface area (Å²) in [4.78, 5) is 28.2. The predicted molar refractivity (Wildman–Crippen MR) is 61.3 cm³/mol. The van der Waals surface area contributed by atoms with Gasteiger partial charge in [0.15, 0.2) is 0 Å². The fraction of sp³-hybridized carbons (Fsp3) is 0.818. The Bertz CT molecular complexity index is 341. The highest BCUT2D eigenvalue weighted by atomic mass is 19.4. The van der Waals surface area contributed by atoms with Gasteiger partial charge in [0.25, 0.3) is 0 Å². The van der Waals surface area contributed by atoms with Crippen LogP contribution in [0.15, 0.2) is 0 Å². The zero-order valence-corrected chi connectivity index (χ0v) is 11.0. The quantitative estimate of drug-likeness (QED) is 0.592. The Morgan fingerprint density at radius 3 is 2.35 bits per heavy atom. The number of hydrogen-bond acceptors (Lipinski definition) is 4. The number of ether oxygens (including phenoxy) is 1.